The standard InChI is InChI=1S/C19H17F2N3O3S/c20-15-7-5-13(6-8-15)18-23-24(19(26)27-18)11-17(25)22-9-10-28-12-14-3-1-2-4-16(14)21/h1-8H,9-12H2,(H,22,25). The number of carbonyl (C=O) groups excluding carboxylic acids is 1. The summed E-state index contributed by atoms with van der Waals surface area (Å²) in [6, 6.07) is 11.8. The van der Waals surface area contributed by atoms with Gasteiger partial charge in [-0.25, -0.2) is 13.6 Å². The highest BCUT2D eigenvalue weighted by atomic mass is 32.2. The van der Waals surface area contributed by atoms with Crippen LogP contribution in [0.4, 0.5) is 8.78 Å². The summed E-state index contributed by atoms with van der Waals surface area (Å²) in [7, 11) is 0. The van der Waals surface area contributed by atoms with Crippen LogP contribution in [-0.4, -0.2) is 28.0 Å². The van der Waals surface area contributed by atoms with Gasteiger partial charge in [0.1, 0.15) is 18.2 Å². The van der Waals surface area contributed by atoms with E-state index in [-0.39, 0.29) is 18.3 Å². The highest BCUT2D eigenvalue weighted by Gasteiger charge is 2.13. The molecule has 28 heavy (non-hydrogen) atoms. The van der Waals surface area contributed by atoms with Crippen LogP contribution in [0.1, 0.15) is 5.56 Å². The lowest BCUT2D eigenvalue weighted by Crippen LogP contribution is -2.32. The van der Waals surface area contributed by atoms with Crippen molar-refractivity contribution in [2.75, 3.05) is 12.3 Å². The Morgan fingerprint density at radius 1 is 1.14 bits per heavy atom. The van der Waals surface area contributed by atoms with Crippen LogP contribution >= 0.6 is 11.8 Å². The first kappa shape index (κ1) is 19.8. The molecule has 0 fully saturated rings. The lowest BCUT2D eigenvalue weighted by molar-refractivity contribution is -0.121. The van der Waals surface area contributed by atoms with Crippen LogP contribution in [0.2, 0.25) is 0 Å². The fraction of sp³-hybridized carbons (Fsp3) is 0.211. The fourth-order valence-corrected chi connectivity index (χ4v) is 3.21. The topological polar surface area (TPSA) is 77.1 Å². The third-order valence-electron chi connectivity index (χ3n) is 3.77. The van der Waals surface area contributed by atoms with Crippen molar-refractivity contribution in [1.82, 2.24) is 15.1 Å². The average Bonchev–Trinajstić information content (AvgIpc) is 3.04. The second-order valence-electron chi connectivity index (χ2n) is 5.83. The minimum Gasteiger partial charge on any atom is -0.388 e. The number of carbonyl (C=O) groups is 1. The number of nitrogens with zero attached hydrogens (tertiary/aromatic N) is 2. The van der Waals surface area contributed by atoms with Crippen molar-refractivity contribution in [3.8, 4) is 11.5 Å². The summed E-state index contributed by atoms with van der Waals surface area (Å²) < 4.78 is 32.4. The Hall–Kier alpha value is -2.94. The number of aromatic nitrogens is 2. The summed E-state index contributed by atoms with van der Waals surface area (Å²) in [6.07, 6.45) is 0. The molecule has 1 amide bonds. The lowest BCUT2D eigenvalue weighted by atomic mass is 10.2. The average molecular weight is 405 g/mol. The summed E-state index contributed by atoms with van der Waals surface area (Å²) in [5.41, 5.74) is 1.04. The molecule has 0 spiro atoms. The predicted molar refractivity (Wildman–Crippen MR) is 102 cm³/mol. The van der Waals surface area contributed by atoms with E-state index in [4.69, 9.17) is 4.42 Å². The van der Waals surface area contributed by atoms with Crippen LogP contribution in [0, 0.1) is 11.6 Å². The molecular weight excluding hydrogens is 388 g/mol. The van der Waals surface area contributed by atoms with Crippen molar-refractivity contribution in [1.29, 1.82) is 0 Å². The Morgan fingerprint density at radius 3 is 2.64 bits per heavy atom. The molecule has 1 heterocycles. The van der Waals surface area contributed by atoms with Gasteiger partial charge >= 0.3 is 5.76 Å². The van der Waals surface area contributed by atoms with E-state index < -0.39 is 17.5 Å². The van der Waals surface area contributed by atoms with E-state index >= 15 is 0 Å². The molecule has 0 radical (unpaired) electrons. The van der Waals surface area contributed by atoms with Crippen LogP contribution in [0.3, 0.4) is 0 Å². The normalized spacial score (nSPS) is 10.8. The first-order valence-electron chi connectivity index (χ1n) is 8.44. The summed E-state index contributed by atoms with van der Waals surface area (Å²) in [4.78, 5) is 23.8. The van der Waals surface area contributed by atoms with Gasteiger partial charge < -0.3 is 9.73 Å². The van der Waals surface area contributed by atoms with Crippen molar-refractivity contribution in [2.24, 2.45) is 0 Å². The van der Waals surface area contributed by atoms with Crippen LogP contribution < -0.4 is 11.1 Å². The summed E-state index contributed by atoms with van der Waals surface area (Å²) in [5, 5.41) is 6.62. The van der Waals surface area contributed by atoms with E-state index in [1.54, 1.807) is 18.2 Å². The fourth-order valence-electron chi connectivity index (χ4n) is 2.37. The molecule has 9 heteroatoms. The Morgan fingerprint density at radius 2 is 1.89 bits per heavy atom. The number of amides is 1. The molecule has 6 nitrogen and oxygen atoms in total. The Bertz CT molecular complexity index is 1000. The number of hydrogen-bond acceptors (Lipinski definition) is 5. The highest BCUT2D eigenvalue weighted by molar-refractivity contribution is 7.98. The maximum atomic E-state index is 13.5. The van der Waals surface area contributed by atoms with E-state index in [0.717, 1.165) is 4.68 Å². The zero-order chi connectivity index (χ0) is 19.9. The van der Waals surface area contributed by atoms with Crippen LogP contribution in [-0.2, 0) is 17.1 Å². The molecular formula is C19H17F2N3O3S. The van der Waals surface area contributed by atoms with Gasteiger partial charge in [-0.1, -0.05) is 18.2 Å². The molecule has 3 rings (SSSR count). The predicted octanol–water partition coefficient (Wildman–Crippen LogP) is 2.83. The van der Waals surface area contributed by atoms with E-state index in [1.807, 2.05) is 0 Å². The third kappa shape index (κ3) is 5.29. The maximum Gasteiger partial charge on any atom is 0.437 e. The largest absolute Gasteiger partial charge is 0.437 e. The van der Waals surface area contributed by atoms with Crippen molar-refractivity contribution in [3.05, 3.63) is 76.3 Å². The molecule has 0 unspecified atom stereocenters. The van der Waals surface area contributed by atoms with Crippen molar-refractivity contribution in [2.45, 2.75) is 12.3 Å². The molecule has 146 valence electrons. The molecule has 1 N–H and O–H groups in total. The Labute approximate surface area is 163 Å². The number of nitrogens with one attached hydrogen (secondary N) is 1. The van der Waals surface area contributed by atoms with Gasteiger partial charge in [-0.15, -0.1) is 5.10 Å². The molecule has 0 bridgehead atoms. The van der Waals surface area contributed by atoms with Gasteiger partial charge in [0.05, 0.1) is 0 Å². The molecule has 0 saturated heterocycles. The molecule has 0 aliphatic rings. The van der Waals surface area contributed by atoms with Gasteiger partial charge in [0.25, 0.3) is 0 Å². The molecule has 0 aliphatic heterocycles. The van der Waals surface area contributed by atoms with Crippen LogP contribution in [0.15, 0.2) is 57.7 Å². The minimum atomic E-state index is -0.775. The molecule has 0 aliphatic carbocycles. The number of benzene rings is 2. The van der Waals surface area contributed by atoms with Crippen LogP contribution in [0.5, 0.6) is 0 Å². The molecule has 0 atom stereocenters. The summed E-state index contributed by atoms with van der Waals surface area (Å²) >= 11 is 1.49. The van der Waals surface area contributed by atoms with E-state index in [9.17, 15) is 18.4 Å². The smallest absolute Gasteiger partial charge is 0.388 e. The minimum absolute atomic E-state index is 0.0123. The van der Waals surface area contributed by atoms with E-state index in [2.05, 4.69) is 10.4 Å². The zero-order valence-corrected chi connectivity index (χ0v) is 15.5. The van der Waals surface area contributed by atoms with Gasteiger partial charge in [0.2, 0.25) is 11.8 Å². The van der Waals surface area contributed by atoms with Gasteiger partial charge in [0.15, 0.2) is 0 Å². The van der Waals surface area contributed by atoms with Crippen molar-refractivity contribution < 1.29 is 18.0 Å². The lowest BCUT2D eigenvalue weighted by Gasteiger charge is -2.05. The number of hydrogen-bond donors (Lipinski definition) is 1. The summed E-state index contributed by atoms with van der Waals surface area (Å²) in [6.45, 7) is 0.0802. The quantitative estimate of drug-likeness (QED) is 0.583. The Kier molecular flexibility index (Phi) is 6.59. The maximum absolute atomic E-state index is 13.5. The molecule has 3 aromatic rings. The van der Waals surface area contributed by atoms with Crippen molar-refractivity contribution >= 4 is 17.7 Å². The zero-order valence-electron chi connectivity index (χ0n) is 14.7. The SMILES string of the molecule is O=C(Cn1nc(-c2ccc(F)cc2)oc1=O)NCCSCc1ccccc1F. The second-order valence-corrected chi connectivity index (χ2v) is 6.94. The summed E-state index contributed by atoms with van der Waals surface area (Å²) in [5.74, 6) is -0.727. The Balaban J connectivity index is 1.45. The second kappa shape index (κ2) is 9.32. The van der Waals surface area contributed by atoms with Crippen molar-refractivity contribution in [3.63, 3.8) is 0 Å². The monoisotopic (exact) mass is 405 g/mol. The van der Waals surface area contributed by atoms with E-state index in [0.29, 0.717) is 29.2 Å². The van der Waals surface area contributed by atoms with Gasteiger partial charge in [-0.3, -0.25) is 4.79 Å². The highest BCUT2D eigenvalue weighted by Crippen LogP contribution is 2.16. The van der Waals surface area contributed by atoms with Gasteiger partial charge in [-0.05, 0) is 35.9 Å². The third-order valence-corrected chi connectivity index (χ3v) is 4.78. The number of rotatable bonds is 8. The number of halogens is 2. The van der Waals surface area contributed by atoms with Gasteiger partial charge in [0, 0.05) is 23.6 Å². The molecule has 2 aromatic carbocycles. The van der Waals surface area contributed by atoms with E-state index in [1.165, 1.54) is 42.1 Å². The van der Waals surface area contributed by atoms with Gasteiger partial charge in [-0.2, -0.15) is 16.4 Å². The van der Waals surface area contributed by atoms with Crippen LogP contribution in [0.25, 0.3) is 11.5 Å². The number of thioether (sulfide) groups is 1. The molecule has 1 aromatic heterocycles. The first-order chi connectivity index (χ1) is 13.5. The first-order valence-corrected chi connectivity index (χ1v) is 9.60. The molecule has 0 saturated carbocycles.